The summed E-state index contributed by atoms with van der Waals surface area (Å²) in [7, 11) is 1.66. The summed E-state index contributed by atoms with van der Waals surface area (Å²) in [6.07, 6.45) is 0.820. The van der Waals surface area contributed by atoms with Crippen LogP contribution in [0.5, 0.6) is 5.75 Å². The lowest BCUT2D eigenvalue weighted by atomic mass is 10.1. The topological polar surface area (TPSA) is 55.5 Å². The predicted octanol–water partition coefficient (Wildman–Crippen LogP) is 1.16. The lowest BCUT2D eigenvalue weighted by molar-refractivity contribution is 0.202. The van der Waals surface area contributed by atoms with E-state index in [1.807, 2.05) is 6.07 Å². The Kier molecular flexibility index (Phi) is 2.94. The Balaban J connectivity index is 2.69. The fourth-order valence-corrected chi connectivity index (χ4v) is 0.979. The normalized spacial score (nSPS) is 10.1. The van der Waals surface area contributed by atoms with Gasteiger partial charge in [-0.05, 0) is 24.1 Å². The Hall–Kier alpha value is -1.22. The molecule has 0 aliphatic rings. The van der Waals surface area contributed by atoms with Crippen LogP contribution in [0.15, 0.2) is 18.2 Å². The second-order valence-electron chi connectivity index (χ2n) is 2.64. The number of phenols is 1. The summed E-state index contributed by atoms with van der Waals surface area (Å²) >= 11 is 0. The zero-order valence-corrected chi connectivity index (χ0v) is 7.08. The fourth-order valence-electron chi connectivity index (χ4n) is 0.979. The first-order valence-electron chi connectivity index (χ1n) is 3.80. The van der Waals surface area contributed by atoms with Gasteiger partial charge in [-0.25, -0.2) is 0 Å². The number of aromatic hydroxyl groups is 1. The lowest BCUT2D eigenvalue weighted by Gasteiger charge is -2.02. The largest absolute Gasteiger partial charge is 0.506 e. The van der Waals surface area contributed by atoms with Crippen LogP contribution in [-0.4, -0.2) is 18.8 Å². The van der Waals surface area contributed by atoms with Crippen molar-refractivity contribution in [2.24, 2.45) is 0 Å². The van der Waals surface area contributed by atoms with Crippen molar-refractivity contribution in [2.75, 3.05) is 19.5 Å². The molecule has 1 rings (SSSR count). The van der Waals surface area contributed by atoms with E-state index in [2.05, 4.69) is 0 Å². The molecule has 0 spiro atoms. The molecule has 0 aliphatic carbocycles. The zero-order valence-electron chi connectivity index (χ0n) is 7.08. The smallest absolute Gasteiger partial charge is 0.138 e. The predicted molar refractivity (Wildman–Crippen MR) is 48.1 cm³/mol. The summed E-state index contributed by atoms with van der Waals surface area (Å²) in [6, 6.07) is 5.19. The average Bonchev–Trinajstić information content (AvgIpc) is 2.07. The van der Waals surface area contributed by atoms with Crippen molar-refractivity contribution >= 4 is 5.69 Å². The molecule has 0 heterocycles. The minimum absolute atomic E-state index is 0.135. The standard InChI is InChI=1S/C9H13NO2/c1-12-5-4-7-2-3-9(11)8(10)6-7/h2-3,6,11H,4-5,10H2,1H3. The van der Waals surface area contributed by atoms with Crippen molar-refractivity contribution in [3.63, 3.8) is 0 Å². The minimum Gasteiger partial charge on any atom is -0.506 e. The Morgan fingerprint density at radius 2 is 2.25 bits per heavy atom. The Morgan fingerprint density at radius 3 is 2.83 bits per heavy atom. The highest BCUT2D eigenvalue weighted by Gasteiger charge is 1.97. The minimum atomic E-state index is 0.135. The number of benzene rings is 1. The van der Waals surface area contributed by atoms with Crippen molar-refractivity contribution in [3.05, 3.63) is 23.8 Å². The van der Waals surface area contributed by atoms with E-state index >= 15 is 0 Å². The Bertz CT molecular complexity index is 261. The van der Waals surface area contributed by atoms with Gasteiger partial charge >= 0.3 is 0 Å². The van der Waals surface area contributed by atoms with Crippen LogP contribution in [0.3, 0.4) is 0 Å². The van der Waals surface area contributed by atoms with Crippen molar-refractivity contribution < 1.29 is 9.84 Å². The summed E-state index contributed by atoms with van der Waals surface area (Å²) in [5.74, 6) is 0.135. The average molecular weight is 167 g/mol. The van der Waals surface area contributed by atoms with Gasteiger partial charge in [0.2, 0.25) is 0 Å². The lowest BCUT2D eigenvalue weighted by Crippen LogP contribution is -1.95. The molecular formula is C9H13NO2. The molecular weight excluding hydrogens is 154 g/mol. The molecule has 3 N–H and O–H groups in total. The van der Waals surface area contributed by atoms with Gasteiger partial charge in [0.05, 0.1) is 12.3 Å². The van der Waals surface area contributed by atoms with Crippen LogP contribution < -0.4 is 5.73 Å². The molecule has 0 bridgehead atoms. The maximum absolute atomic E-state index is 9.11. The first-order chi connectivity index (χ1) is 5.74. The summed E-state index contributed by atoms with van der Waals surface area (Å²) in [5, 5.41) is 9.11. The highest BCUT2D eigenvalue weighted by Crippen LogP contribution is 2.20. The Labute approximate surface area is 71.8 Å². The molecule has 0 aliphatic heterocycles. The van der Waals surface area contributed by atoms with E-state index in [1.165, 1.54) is 0 Å². The molecule has 0 aromatic heterocycles. The van der Waals surface area contributed by atoms with Crippen molar-refractivity contribution in [3.8, 4) is 5.75 Å². The fraction of sp³-hybridized carbons (Fsp3) is 0.333. The molecule has 0 unspecified atom stereocenters. The number of anilines is 1. The van der Waals surface area contributed by atoms with E-state index in [0.29, 0.717) is 12.3 Å². The van der Waals surface area contributed by atoms with Crippen molar-refractivity contribution in [2.45, 2.75) is 6.42 Å². The van der Waals surface area contributed by atoms with E-state index in [-0.39, 0.29) is 5.75 Å². The number of hydrogen-bond donors (Lipinski definition) is 2. The molecule has 3 nitrogen and oxygen atoms in total. The molecule has 3 heteroatoms. The number of nitrogens with two attached hydrogens (primary N) is 1. The molecule has 12 heavy (non-hydrogen) atoms. The molecule has 1 aromatic carbocycles. The van der Waals surface area contributed by atoms with Gasteiger partial charge in [0.15, 0.2) is 0 Å². The van der Waals surface area contributed by atoms with Crippen molar-refractivity contribution in [1.29, 1.82) is 0 Å². The van der Waals surface area contributed by atoms with Crippen molar-refractivity contribution in [1.82, 2.24) is 0 Å². The number of methoxy groups -OCH3 is 1. The van der Waals surface area contributed by atoms with Crippen LogP contribution in [0, 0.1) is 0 Å². The van der Waals surface area contributed by atoms with Gasteiger partial charge < -0.3 is 15.6 Å². The number of ether oxygens (including phenoxy) is 1. The maximum atomic E-state index is 9.11. The van der Waals surface area contributed by atoms with E-state index in [1.54, 1.807) is 19.2 Å². The van der Waals surface area contributed by atoms with Crippen LogP contribution in [-0.2, 0) is 11.2 Å². The third kappa shape index (κ3) is 2.13. The van der Waals surface area contributed by atoms with Gasteiger partial charge in [0.25, 0.3) is 0 Å². The molecule has 0 amide bonds. The van der Waals surface area contributed by atoms with E-state index in [4.69, 9.17) is 15.6 Å². The summed E-state index contributed by atoms with van der Waals surface area (Å²) in [4.78, 5) is 0. The second kappa shape index (κ2) is 3.97. The first kappa shape index (κ1) is 8.87. The quantitative estimate of drug-likeness (QED) is 0.524. The zero-order chi connectivity index (χ0) is 8.97. The molecule has 66 valence electrons. The van der Waals surface area contributed by atoms with Gasteiger partial charge in [0.1, 0.15) is 5.75 Å². The highest BCUT2D eigenvalue weighted by atomic mass is 16.5. The summed E-state index contributed by atoms with van der Waals surface area (Å²) in [6.45, 7) is 0.671. The SMILES string of the molecule is COCCc1ccc(O)c(N)c1. The molecule has 1 aromatic rings. The molecule has 0 fully saturated rings. The first-order valence-corrected chi connectivity index (χ1v) is 3.80. The third-order valence-corrected chi connectivity index (χ3v) is 1.69. The van der Waals surface area contributed by atoms with Gasteiger partial charge in [-0.15, -0.1) is 0 Å². The van der Waals surface area contributed by atoms with Crippen LogP contribution in [0.25, 0.3) is 0 Å². The number of rotatable bonds is 3. The second-order valence-corrected chi connectivity index (χ2v) is 2.64. The molecule has 0 radical (unpaired) electrons. The number of hydrogen-bond acceptors (Lipinski definition) is 3. The van der Waals surface area contributed by atoms with E-state index in [0.717, 1.165) is 12.0 Å². The number of nitrogen functional groups attached to an aromatic ring is 1. The van der Waals surface area contributed by atoms with E-state index in [9.17, 15) is 0 Å². The third-order valence-electron chi connectivity index (χ3n) is 1.69. The summed E-state index contributed by atoms with van der Waals surface area (Å²) < 4.78 is 4.91. The van der Waals surface area contributed by atoms with Gasteiger partial charge in [-0.1, -0.05) is 6.07 Å². The number of phenolic OH excluding ortho intramolecular Hbond substituents is 1. The monoisotopic (exact) mass is 167 g/mol. The highest BCUT2D eigenvalue weighted by molar-refractivity contribution is 5.53. The Morgan fingerprint density at radius 1 is 1.50 bits per heavy atom. The van der Waals surface area contributed by atoms with Gasteiger partial charge in [-0.3, -0.25) is 0 Å². The molecule has 0 saturated heterocycles. The van der Waals surface area contributed by atoms with Gasteiger partial charge in [0, 0.05) is 7.11 Å². The van der Waals surface area contributed by atoms with Crippen LogP contribution >= 0.6 is 0 Å². The van der Waals surface area contributed by atoms with Crippen LogP contribution in [0.2, 0.25) is 0 Å². The van der Waals surface area contributed by atoms with Crippen LogP contribution in [0.4, 0.5) is 5.69 Å². The van der Waals surface area contributed by atoms with E-state index < -0.39 is 0 Å². The van der Waals surface area contributed by atoms with Crippen LogP contribution in [0.1, 0.15) is 5.56 Å². The maximum Gasteiger partial charge on any atom is 0.138 e. The van der Waals surface area contributed by atoms with Gasteiger partial charge in [-0.2, -0.15) is 0 Å². The summed E-state index contributed by atoms with van der Waals surface area (Å²) in [5.41, 5.74) is 7.00. The molecule has 0 saturated carbocycles. The molecule has 0 atom stereocenters.